The average Bonchev–Trinajstić information content (AvgIpc) is 2.75. The van der Waals surface area contributed by atoms with Crippen molar-refractivity contribution >= 4 is 23.1 Å². The van der Waals surface area contributed by atoms with Crippen LogP contribution in [0.2, 0.25) is 0 Å². The maximum absolute atomic E-state index is 13.1. The summed E-state index contributed by atoms with van der Waals surface area (Å²) in [7, 11) is 3.45. The molecule has 0 N–H and O–H groups in total. The Morgan fingerprint density at radius 1 is 1.12 bits per heavy atom. The molecule has 0 aliphatic carbocycles. The predicted octanol–water partition coefficient (Wildman–Crippen LogP) is 3.92. The van der Waals surface area contributed by atoms with E-state index in [0.29, 0.717) is 49.4 Å². The standard InChI is InChI=1S/C24H27N3O5/c1-15-11-18-21(28)14-24(32-22(18)12-16(15)2)7-9-26(10-8-24)23(29)17-5-6-19(25(3)4)20(13-17)27(30)31/h5-6,11-13H,7-10,14H2,1-4H3. The molecule has 0 unspecified atom stereocenters. The number of likely N-dealkylation sites (tertiary alicyclic amines) is 1. The third-order valence-corrected chi connectivity index (χ3v) is 6.57. The number of carbonyl (C=O) groups excluding carboxylic acids is 2. The zero-order valence-corrected chi connectivity index (χ0v) is 18.8. The summed E-state index contributed by atoms with van der Waals surface area (Å²) in [6.45, 7) is 4.82. The number of hydrogen-bond donors (Lipinski definition) is 0. The summed E-state index contributed by atoms with van der Waals surface area (Å²) in [4.78, 5) is 40.2. The van der Waals surface area contributed by atoms with Gasteiger partial charge in [0.25, 0.3) is 11.6 Å². The Hall–Kier alpha value is -3.42. The predicted molar refractivity (Wildman–Crippen MR) is 121 cm³/mol. The number of nitro benzene ring substituents is 1. The molecule has 4 rings (SSSR count). The number of rotatable bonds is 3. The number of Topliss-reactive ketones (excluding diaryl/α,β-unsaturated/α-hetero) is 1. The van der Waals surface area contributed by atoms with Crippen molar-refractivity contribution in [3.63, 3.8) is 0 Å². The molecule has 168 valence electrons. The molecule has 0 bridgehead atoms. The Morgan fingerprint density at radius 3 is 2.41 bits per heavy atom. The van der Waals surface area contributed by atoms with Crippen molar-refractivity contribution in [2.24, 2.45) is 0 Å². The fourth-order valence-corrected chi connectivity index (χ4v) is 4.51. The van der Waals surface area contributed by atoms with Gasteiger partial charge in [0.1, 0.15) is 17.0 Å². The second-order valence-corrected chi connectivity index (χ2v) is 8.96. The molecule has 1 amide bonds. The number of hydrogen-bond acceptors (Lipinski definition) is 6. The third kappa shape index (κ3) is 3.81. The molecule has 2 aromatic carbocycles. The second-order valence-electron chi connectivity index (χ2n) is 8.96. The summed E-state index contributed by atoms with van der Waals surface area (Å²) < 4.78 is 6.34. The van der Waals surface area contributed by atoms with Gasteiger partial charge in [-0.05, 0) is 49.2 Å². The minimum atomic E-state index is -0.608. The van der Waals surface area contributed by atoms with Gasteiger partial charge in [0.2, 0.25) is 0 Å². The molecule has 0 atom stereocenters. The number of amides is 1. The van der Waals surface area contributed by atoms with Crippen LogP contribution in [0.1, 0.15) is 51.1 Å². The topological polar surface area (TPSA) is 93.0 Å². The molecule has 2 heterocycles. The first kappa shape index (κ1) is 21.8. The summed E-state index contributed by atoms with van der Waals surface area (Å²) in [5, 5.41) is 11.5. The molecule has 2 aromatic rings. The van der Waals surface area contributed by atoms with Crippen molar-refractivity contribution in [3.8, 4) is 5.75 Å². The van der Waals surface area contributed by atoms with E-state index >= 15 is 0 Å². The molecule has 1 fully saturated rings. The van der Waals surface area contributed by atoms with Crippen molar-refractivity contribution in [1.29, 1.82) is 0 Å². The Kier molecular flexibility index (Phi) is 5.40. The van der Waals surface area contributed by atoms with Crippen molar-refractivity contribution in [2.75, 3.05) is 32.1 Å². The molecule has 8 heteroatoms. The lowest BCUT2D eigenvalue weighted by Crippen LogP contribution is -2.52. The third-order valence-electron chi connectivity index (χ3n) is 6.57. The van der Waals surface area contributed by atoms with Gasteiger partial charge in [-0.2, -0.15) is 0 Å². The molecule has 2 aliphatic rings. The first-order chi connectivity index (χ1) is 15.1. The fraction of sp³-hybridized carbons (Fsp3) is 0.417. The Bertz CT molecular complexity index is 1120. The van der Waals surface area contributed by atoms with Crippen LogP contribution in [0.4, 0.5) is 11.4 Å². The molecule has 1 spiro atoms. The number of aryl methyl sites for hydroxylation is 2. The van der Waals surface area contributed by atoms with Crippen LogP contribution in [0.15, 0.2) is 30.3 Å². The Balaban J connectivity index is 1.51. The van der Waals surface area contributed by atoms with Crippen LogP contribution in [0.25, 0.3) is 0 Å². The molecule has 2 aliphatic heterocycles. The molecular weight excluding hydrogens is 410 g/mol. The van der Waals surface area contributed by atoms with E-state index in [1.165, 1.54) is 6.07 Å². The number of anilines is 1. The van der Waals surface area contributed by atoms with E-state index in [9.17, 15) is 19.7 Å². The van der Waals surface area contributed by atoms with Gasteiger partial charge < -0.3 is 14.5 Å². The van der Waals surface area contributed by atoms with Gasteiger partial charge in [-0.1, -0.05) is 0 Å². The molecule has 1 saturated heterocycles. The minimum absolute atomic E-state index is 0.0732. The van der Waals surface area contributed by atoms with Crippen LogP contribution >= 0.6 is 0 Å². The lowest BCUT2D eigenvalue weighted by molar-refractivity contribution is -0.384. The normalized spacial score (nSPS) is 17.0. The molecular formula is C24H27N3O5. The van der Waals surface area contributed by atoms with Gasteiger partial charge in [0.05, 0.1) is 16.9 Å². The zero-order chi connectivity index (χ0) is 23.2. The van der Waals surface area contributed by atoms with Crippen molar-refractivity contribution in [1.82, 2.24) is 4.90 Å². The van der Waals surface area contributed by atoms with Gasteiger partial charge in [-0.15, -0.1) is 0 Å². The van der Waals surface area contributed by atoms with E-state index < -0.39 is 10.5 Å². The monoisotopic (exact) mass is 437 g/mol. The molecule has 0 saturated carbocycles. The van der Waals surface area contributed by atoms with Crippen molar-refractivity contribution < 1.29 is 19.2 Å². The van der Waals surface area contributed by atoms with Gasteiger partial charge in [0, 0.05) is 51.7 Å². The smallest absolute Gasteiger partial charge is 0.293 e. The highest BCUT2D eigenvalue weighted by Gasteiger charge is 2.44. The quantitative estimate of drug-likeness (QED) is 0.534. The molecule has 32 heavy (non-hydrogen) atoms. The summed E-state index contributed by atoms with van der Waals surface area (Å²) >= 11 is 0. The van der Waals surface area contributed by atoms with E-state index in [1.807, 2.05) is 26.0 Å². The molecule has 8 nitrogen and oxygen atoms in total. The highest BCUT2D eigenvalue weighted by molar-refractivity contribution is 6.01. The number of nitrogens with zero attached hydrogens (tertiary/aromatic N) is 3. The lowest BCUT2D eigenvalue weighted by atomic mass is 9.81. The van der Waals surface area contributed by atoms with E-state index in [1.54, 1.807) is 36.0 Å². The number of benzene rings is 2. The van der Waals surface area contributed by atoms with Gasteiger partial charge in [-0.3, -0.25) is 19.7 Å². The number of nitro groups is 1. The van der Waals surface area contributed by atoms with Crippen LogP contribution in [-0.2, 0) is 0 Å². The SMILES string of the molecule is Cc1cc2c(cc1C)C(=O)CC1(CCN(C(=O)c3ccc(N(C)C)c([N+](=O)[O-])c3)CC1)O2. The maximum Gasteiger partial charge on any atom is 0.293 e. The van der Waals surface area contributed by atoms with Crippen LogP contribution < -0.4 is 9.64 Å². The highest BCUT2D eigenvalue weighted by atomic mass is 16.6. The second kappa shape index (κ2) is 7.93. The number of carbonyl (C=O) groups is 2. The van der Waals surface area contributed by atoms with Crippen LogP contribution in [0, 0.1) is 24.0 Å². The summed E-state index contributed by atoms with van der Waals surface area (Å²) in [6, 6.07) is 8.37. The van der Waals surface area contributed by atoms with Crippen LogP contribution in [0.3, 0.4) is 0 Å². The number of ether oxygens (including phenoxy) is 1. The Morgan fingerprint density at radius 2 is 1.78 bits per heavy atom. The average molecular weight is 437 g/mol. The van der Waals surface area contributed by atoms with E-state index in [4.69, 9.17) is 4.74 Å². The molecule has 0 radical (unpaired) electrons. The van der Waals surface area contributed by atoms with Gasteiger partial charge >= 0.3 is 0 Å². The van der Waals surface area contributed by atoms with Crippen LogP contribution in [0.5, 0.6) is 5.75 Å². The summed E-state index contributed by atoms with van der Waals surface area (Å²) in [6.07, 6.45) is 1.37. The largest absolute Gasteiger partial charge is 0.486 e. The molecule has 0 aromatic heterocycles. The first-order valence-corrected chi connectivity index (χ1v) is 10.7. The van der Waals surface area contributed by atoms with Gasteiger partial charge in [0.15, 0.2) is 5.78 Å². The fourth-order valence-electron chi connectivity index (χ4n) is 4.51. The lowest BCUT2D eigenvalue weighted by Gasteiger charge is -2.44. The first-order valence-electron chi connectivity index (χ1n) is 10.7. The van der Waals surface area contributed by atoms with Crippen molar-refractivity contribution in [2.45, 2.75) is 38.7 Å². The van der Waals surface area contributed by atoms with E-state index in [2.05, 4.69) is 0 Å². The van der Waals surface area contributed by atoms with Crippen molar-refractivity contribution in [3.05, 3.63) is 62.7 Å². The van der Waals surface area contributed by atoms with E-state index in [0.717, 1.165) is 11.1 Å². The number of ketones is 1. The van der Waals surface area contributed by atoms with Crippen LogP contribution in [-0.4, -0.2) is 54.3 Å². The maximum atomic E-state index is 13.1. The number of piperidine rings is 1. The van der Waals surface area contributed by atoms with Gasteiger partial charge in [-0.25, -0.2) is 0 Å². The van der Waals surface area contributed by atoms with E-state index in [-0.39, 0.29) is 22.9 Å². The highest BCUT2D eigenvalue weighted by Crippen LogP contribution is 2.40. The zero-order valence-electron chi connectivity index (χ0n) is 18.8. The Labute approximate surface area is 186 Å². The number of fused-ring (bicyclic) bond motifs is 1. The summed E-state index contributed by atoms with van der Waals surface area (Å²) in [5.74, 6) is 0.449. The summed E-state index contributed by atoms with van der Waals surface area (Å²) in [5.41, 5.74) is 2.79. The minimum Gasteiger partial charge on any atom is -0.486 e.